The van der Waals surface area contributed by atoms with Crippen molar-refractivity contribution in [2.45, 2.75) is 24.6 Å². The van der Waals surface area contributed by atoms with Crippen LogP contribution in [0.2, 0.25) is 0 Å². The molecule has 0 N–H and O–H groups in total. The molecule has 3 aromatic rings. The number of hydrogen-bond donors (Lipinski definition) is 0. The van der Waals surface area contributed by atoms with Gasteiger partial charge >= 0.3 is 6.18 Å². The standard InChI is InChI=1S/C15H13F3N6O2/c16-15(17,18)14(4-6-24(9-14)8-10-7-20-26-22-10)13-21-12(23-25-13)11-3-1-2-5-19-11/h1-3,5,7H,4,6,8-9H2. The van der Waals surface area contributed by atoms with Crippen molar-refractivity contribution >= 4 is 0 Å². The van der Waals surface area contributed by atoms with E-state index in [4.69, 9.17) is 4.52 Å². The van der Waals surface area contributed by atoms with Crippen LogP contribution >= 0.6 is 0 Å². The zero-order chi connectivity index (χ0) is 18.2. The number of halogens is 3. The summed E-state index contributed by atoms with van der Waals surface area (Å²) in [6.07, 6.45) is -1.85. The van der Waals surface area contributed by atoms with Gasteiger partial charge in [-0.2, -0.15) is 18.2 Å². The molecule has 0 bridgehead atoms. The van der Waals surface area contributed by atoms with Crippen LogP contribution in [0.3, 0.4) is 0 Å². The lowest BCUT2D eigenvalue weighted by Crippen LogP contribution is -2.45. The highest BCUT2D eigenvalue weighted by Crippen LogP contribution is 2.47. The second kappa shape index (κ2) is 6.16. The Balaban J connectivity index is 1.63. The summed E-state index contributed by atoms with van der Waals surface area (Å²) in [6.45, 7) is 0.0868. The van der Waals surface area contributed by atoms with E-state index in [1.807, 2.05) is 0 Å². The first-order chi connectivity index (χ1) is 12.5. The summed E-state index contributed by atoms with van der Waals surface area (Å²) in [6, 6.07) is 4.99. The minimum atomic E-state index is -4.54. The highest BCUT2D eigenvalue weighted by Gasteiger charge is 2.62. The first-order valence-corrected chi connectivity index (χ1v) is 7.79. The van der Waals surface area contributed by atoms with E-state index in [1.165, 1.54) is 12.4 Å². The maximum atomic E-state index is 13.9. The van der Waals surface area contributed by atoms with Gasteiger partial charge in [-0.1, -0.05) is 21.5 Å². The molecule has 0 aromatic carbocycles. The first kappa shape index (κ1) is 16.6. The van der Waals surface area contributed by atoms with Gasteiger partial charge in [0.15, 0.2) is 5.41 Å². The van der Waals surface area contributed by atoms with Gasteiger partial charge in [-0.3, -0.25) is 9.88 Å². The van der Waals surface area contributed by atoms with Crippen molar-refractivity contribution in [1.29, 1.82) is 0 Å². The molecule has 3 aromatic heterocycles. The van der Waals surface area contributed by atoms with Crippen LogP contribution in [0.1, 0.15) is 18.0 Å². The average molecular weight is 366 g/mol. The Bertz CT molecular complexity index is 867. The monoisotopic (exact) mass is 366 g/mol. The molecule has 0 radical (unpaired) electrons. The van der Waals surface area contributed by atoms with Crippen LogP contribution in [0.15, 0.2) is 39.7 Å². The zero-order valence-corrected chi connectivity index (χ0v) is 13.3. The first-order valence-electron chi connectivity index (χ1n) is 7.79. The van der Waals surface area contributed by atoms with E-state index in [-0.39, 0.29) is 31.9 Å². The fourth-order valence-electron chi connectivity index (χ4n) is 3.05. The lowest BCUT2D eigenvalue weighted by Gasteiger charge is -2.27. The molecule has 0 saturated carbocycles. The molecular weight excluding hydrogens is 353 g/mol. The molecule has 1 fully saturated rings. The van der Waals surface area contributed by atoms with Crippen molar-refractivity contribution < 1.29 is 22.3 Å². The summed E-state index contributed by atoms with van der Waals surface area (Å²) in [4.78, 5) is 9.64. The van der Waals surface area contributed by atoms with E-state index >= 15 is 0 Å². The predicted octanol–water partition coefficient (Wildman–Crippen LogP) is 2.22. The minimum Gasteiger partial charge on any atom is -0.338 e. The summed E-state index contributed by atoms with van der Waals surface area (Å²) in [5, 5.41) is 10.8. The number of likely N-dealkylation sites (tertiary alicyclic amines) is 1. The second-order valence-electron chi connectivity index (χ2n) is 6.08. The van der Waals surface area contributed by atoms with Crippen LogP contribution in [-0.4, -0.2) is 49.6 Å². The number of nitrogens with zero attached hydrogens (tertiary/aromatic N) is 6. The SMILES string of the molecule is FC(F)(F)C1(c2nc(-c3ccccn3)no2)CCN(Cc2cnon2)C1. The molecule has 1 unspecified atom stereocenters. The van der Waals surface area contributed by atoms with Crippen molar-refractivity contribution in [1.82, 2.24) is 30.3 Å². The van der Waals surface area contributed by atoms with E-state index in [2.05, 4.69) is 30.1 Å². The van der Waals surface area contributed by atoms with Crippen molar-refractivity contribution in [3.05, 3.63) is 42.2 Å². The van der Waals surface area contributed by atoms with Gasteiger partial charge in [0.05, 0.1) is 6.20 Å². The highest BCUT2D eigenvalue weighted by atomic mass is 19.4. The molecule has 1 aliphatic rings. The lowest BCUT2D eigenvalue weighted by molar-refractivity contribution is -0.193. The molecule has 0 amide bonds. The molecule has 11 heteroatoms. The fourth-order valence-corrected chi connectivity index (χ4v) is 3.05. The molecule has 1 aliphatic heterocycles. The molecule has 1 atom stereocenters. The van der Waals surface area contributed by atoms with E-state index < -0.39 is 17.5 Å². The van der Waals surface area contributed by atoms with Gasteiger partial charge in [-0.25, -0.2) is 4.63 Å². The Hall–Kier alpha value is -2.82. The largest absolute Gasteiger partial charge is 0.404 e. The molecule has 1 saturated heterocycles. The fraction of sp³-hybridized carbons (Fsp3) is 0.400. The van der Waals surface area contributed by atoms with Gasteiger partial charge in [0.1, 0.15) is 11.4 Å². The van der Waals surface area contributed by atoms with Crippen LogP contribution in [0.4, 0.5) is 13.2 Å². The van der Waals surface area contributed by atoms with E-state index in [1.54, 1.807) is 23.1 Å². The molecule has 136 valence electrons. The quantitative estimate of drug-likeness (QED) is 0.694. The highest BCUT2D eigenvalue weighted by molar-refractivity contribution is 5.47. The van der Waals surface area contributed by atoms with Crippen molar-refractivity contribution in [3.63, 3.8) is 0 Å². The number of aromatic nitrogens is 5. The number of rotatable bonds is 4. The van der Waals surface area contributed by atoms with Crippen LogP contribution < -0.4 is 0 Å². The van der Waals surface area contributed by atoms with Crippen molar-refractivity contribution in [3.8, 4) is 11.5 Å². The van der Waals surface area contributed by atoms with Gasteiger partial charge < -0.3 is 4.52 Å². The third-order valence-corrected chi connectivity index (χ3v) is 4.41. The Morgan fingerprint density at radius 1 is 1.23 bits per heavy atom. The zero-order valence-electron chi connectivity index (χ0n) is 13.3. The lowest BCUT2D eigenvalue weighted by atomic mass is 9.86. The number of alkyl halides is 3. The smallest absolute Gasteiger partial charge is 0.338 e. The van der Waals surface area contributed by atoms with Gasteiger partial charge in [-0.15, -0.1) is 0 Å². The molecule has 26 heavy (non-hydrogen) atoms. The van der Waals surface area contributed by atoms with E-state index in [9.17, 15) is 13.2 Å². The molecule has 4 rings (SSSR count). The Labute approximate surface area is 145 Å². The third-order valence-electron chi connectivity index (χ3n) is 4.41. The van der Waals surface area contributed by atoms with Crippen molar-refractivity contribution in [2.24, 2.45) is 0 Å². The molecule has 8 nitrogen and oxygen atoms in total. The molecule has 0 spiro atoms. The average Bonchev–Trinajstić information content (AvgIpc) is 3.36. The summed E-state index contributed by atoms with van der Waals surface area (Å²) in [5.74, 6) is -0.421. The summed E-state index contributed by atoms with van der Waals surface area (Å²) >= 11 is 0. The van der Waals surface area contributed by atoms with Gasteiger partial charge in [0.2, 0.25) is 11.7 Å². The van der Waals surface area contributed by atoms with Gasteiger partial charge in [-0.05, 0) is 18.6 Å². The van der Waals surface area contributed by atoms with Gasteiger partial charge in [0, 0.05) is 25.8 Å². The summed E-state index contributed by atoms with van der Waals surface area (Å²) < 4.78 is 51.4. The van der Waals surface area contributed by atoms with Crippen LogP contribution in [0.5, 0.6) is 0 Å². The number of hydrogen-bond acceptors (Lipinski definition) is 8. The number of pyridine rings is 1. The molecule has 4 heterocycles. The van der Waals surface area contributed by atoms with Gasteiger partial charge in [0.25, 0.3) is 0 Å². The minimum absolute atomic E-state index is 0.0309. The third kappa shape index (κ3) is 2.83. The Kier molecular flexibility index (Phi) is 3.94. The van der Waals surface area contributed by atoms with E-state index in [0.717, 1.165) is 0 Å². The summed E-state index contributed by atoms with van der Waals surface area (Å²) in [7, 11) is 0. The Morgan fingerprint density at radius 3 is 2.81 bits per heavy atom. The molecular formula is C15H13F3N6O2. The Morgan fingerprint density at radius 2 is 2.12 bits per heavy atom. The topological polar surface area (TPSA) is 94.0 Å². The van der Waals surface area contributed by atoms with E-state index in [0.29, 0.717) is 11.4 Å². The second-order valence-corrected chi connectivity index (χ2v) is 6.08. The predicted molar refractivity (Wildman–Crippen MR) is 79.5 cm³/mol. The summed E-state index contributed by atoms with van der Waals surface area (Å²) in [5.41, 5.74) is -1.42. The van der Waals surface area contributed by atoms with Crippen LogP contribution in [0.25, 0.3) is 11.5 Å². The maximum absolute atomic E-state index is 13.9. The molecule has 0 aliphatic carbocycles. The van der Waals surface area contributed by atoms with Crippen LogP contribution in [-0.2, 0) is 12.0 Å². The maximum Gasteiger partial charge on any atom is 0.404 e. The van der Waals surface area contributed by atoms with Crippen molar-refractivity contribution in [2.75, 3.05) is 13.1 Å². The van der Waals surface area contributed by atoms with Crippen LogP contribution in [0, 0.1) is 0 Å². The normalized spacial score (nSPS) is 21.3.